The summed E-state index contributed by atoms with van der Waals surface area (Å²) in [7, 11) is 0. The molecule has 0 spiro atoms. The van der Waals surface area contributed by atoms with E-state index < -0.39 is 0 Å². The Bertz CT molecular complexity index is 410. The normalized spacial score (nSPS) is 20.2. The Hall–Kier alpha value is -1.62. The predicted octanol–water partition coefficient (Wildman–Crippen LogP) is 1.24. The molecule has 1 aliphatic rings. The molecule has 0 aromatic heterocycles. The van der Waals surface area contributed by atoms with Crippen molar-refractivity contribution in [3.05, 3.63) is 35.6 Å². The number of urea groups is 1. The van der Waals surface area contributed by atoms with Crippen LogP contribution in [0.1, 0.15) is 18.0 Å². The molecule has 0 bridgehead atoms. The van der Waals surface area contributed by atoms with Gasteiger partial charge in [0.05, 0.1) is 6.04 Å². The Morgan fingerprint density at radius 2 is 2.24 bits per heavy atom. The quantitative estimate of drug-likeness (QED) is 0.831. The molecule has 1 saturated heterocycles. The Kier molecular flexibility index (Phi) is 3.58. The average Bonchev–Trinajstić information content (AvgIpc) is 2.33. The summed E-state index contributed by atoms with van der Waals surface area (Å²) in [6.07, 6.45) is 0.701. The molecule has 1 fully saturated rings. The Balaban J connectivity index is 2.07. The van der Waals surface area contributed by atoms with Crippen LogP contribution in [-0.4, -0.2) is 30.6 Å². The summed E-state index contributed by atoms with van der Waals surface area (Å²) in [5.74, 6) is -0.273. The molecule has 0 saturated carbocycles. The number of hydrogen-bond donors (Lipinski definition) is 2. The summed E-state index contributed by atoms with van der Waals surface area (Å²) in [4.78, 5) is 13.4. The van der Waals surface area contributed by atoms with Gasteiger partial charge in [-0.2, -0.15) is 0 Å². The van der Waals surface area contributed by atoms with Crippen LogP contribution in [0.3, 0.4) is 0 Å². The topological polar surface area (TPSA) is 58.4 Å². The van der Waals surface area contributed by atoms with Crippen LogP contribution < -0.4 is 11.1 Å². The maximum atomic E-state index is 13.6. The number of hydrogen-bond acceptors (Lipinski definition) is 2. The minimum atomic E-state index is -0.273. The van der Waals surface area contributed by atoms with Crippen LogP contribution >= 0.6 is 0 Å². The number of nitrogens with two attached hydrogens (primary N) is 1. The first-order valence-electron chi connectivity index (χ1n) is 5.72. The van der Waals surface area contributed by atoms with E-state index >= 15 is 0 Å². The largest absolute Gasteiger partial charge is 0.331 e. The Morgan fingerprint density at radius 3 is 2.88 bits per heavy atom. The van der Waals surface area contributed by atoms with Gasteiger partial charge in [0.2, 0.25) is 0 Å². The molecule has 1 atom stereocenters. The van der Waals surface area contributed by atoms with E-state index in [4.69, 9.17) is 5.73 Å². The highest BCUT2D eigenvalue weighted by Gasteiger charge is 2.26. The van der Waals surface area contributed by atoms with Crippen LogP contribution in [0.25, 0.3) is 0 Å². The number of nitrogens with zero attached hydrogens (tertiary/aromatic N) is 1. The van der Waals surface area contributed by atoms with Gasteiger partial charge < -0.3 is 16.0 Å². The van der Waals surface area contributed by atoms with Crippen LogP contribution in [-0.2, 0) is 0 Å². The standard InChI is InChI=1S/C12H16FN3O/c13-10-4-2-1-3-9(10)11-5-7-16(8-6-14)12(17)15-11/h1-4,11H,5-8,14H2,(H,15,17). The molecule has 2 rings (SSSR count). The number of halogens is 1. The van der Waals surface area contributed by atoms with Crippen LogP contribution in [0.4, 0.5) is 9.18 Å². The fourth-order valence-corrected chi connectivity index (χ4v) is 2.06. The van der Waals surface area contributed by atoms with Crippen molar-refractivity contribution < 1.29 is 9.18 Å². The monoisotopic (exact) mass is 237 g/mol. The zero-order valence-electron chi connectivity index (χ0n) is 9.53. The first-order valence-corrected chi connectivity index (χ1v) is 5.72. The minimum absolute atomic E-state index is 0.171. The molecule has 0 aliphatic carbocycles. The van der Waals surface area contributed by atoms with Gasteiger partial charge in [0, 0.05) is 25.2 Å². The van der Waals surface area contributed by atoms with Crippen molar-refractivity contribution >= 4 is 6.03 Å². The zero-order valence-corrected chi connectivity index (χ0v) is 9.53. The van der Waals surface area contributed by atoms with E-state index in [2.05, 4.69) is 5.32 Å². The van der Waals surface area contributed by atoms with Gasteiger partial charge in [0.25, 0.3) is 0 Å². The van der Waals surface area contributed by atoms with Crippen molar-refractivity contribution in [2.24, 2.45) is 5.73 Å². The molecule has 1 aromatic rings. The molecule has 1 aromatic carbocycles. The molecule has 4 nitrogen and oxygen atoms in total. The van der Waals surface area contributed by atoms with Gasteiger partial charge >= 0.3 is 6.03 Å². The molecule has 1 aliphatic heterocycles. The lowest BCUT2D eigenvalue weighted by Crippen LogP contribution is -2.49. The van der Waals surface area contributed by atoms with Crippen LogP contribution in [0.15, 0.2) is 24.3 Å². The van der Waals surface area contributed by atoms with E-state index in [0.717, 1.165) is 0 Å². The second-order valence-electron chi connectivity index (χ2n) is 4.09. The first-order chi connectivity index (χ1) is 8.22. The molecule has 2 amide bonds. The smallest absolute Gasteiger partial charge is 0.317 e. The third-order valence-corrected chi connectivity index (χ3v) is 2.95. The number of rotatable bonds is 3. The van der Waals surface area contributed by atoms with Crippen LogP contribution in [0.2, 0.25) is 0 Å². The third kappa shape index (κ3) is 2.55. The number of amides is 2. The Morgan fingerprint density at radius 1 is 1.47 bits per heavy atom. The summed E-state index contributed by atoms with van der Waals surface area (Å²) < 4.78 is 13.6. The van der Waals surface area contributed by atoms with Gasteiger partial charge in [-0.1, -0.05) is 18.2 Å². The number of carbonyl (C=O) groups is 1. The lowest BCUT2D eigenvalue weighted by Gasteiger charge is -2.33. The average molecular weight is 237 g/mol. The van der Waals surface area contributed by atoms with E-state index in [-0.39, 0.29) is 17.9 Å². The molecular formula is C12H16FN3O. The van der Waals surface area contributed by atoms with Gasteiger partial charge in [-0.15, -0.1) is 0 Å². The van der Waals surface area contributed by atoms with Crippen molar-refractivity contribution in [1.82, 2.24) is 10.2 Å². The van der Waals surface area contributed by atoms with Gasteiger partial charge in [0.15, 0.2) is 0 Å². The molecule has 92 valence electrons. The SMILES string of the molecule is NCCN1CCC(c2ccccc2F)NC1=O. The lowest BCUT2D eigenvalue weighted by molar-refractivity contribution is 0.175. The van der Waals surface area contributed by atoms with Crippen molar-refractivity contribution in [2.45, 2.75) is 12.5 Å². The van der Waals surface area contributed by atoms with Gasteiger partial charge in [-0.05, 0) is 12.5 Å². The van der Waals surface area contributed by atoms with E-state index in [9.17, 15) is 9.18 Å². The van der Waals surface area contributed by atoms with E-state index in [1.807, 2.05) is 0 Å². The van der Waals surface area contributed by atoms with Gasteiger partial charge in [-0.3, -0.25) is 0 Å². The van der Waals surface area contributed by atoms with Crippen molar-refractivity contribution in [3.8, 4) is 0 Å². The first kappa shape index (κ1) is 11.9. The fraction of sp³-hybridized carbons (Fsp3) is 0.417. The van der Waals surface area contributed by atoms with Crippen molar-refractivity contribution in [1.29, 1.82) is 0 Å². The number of carbonyl (C=O) groups excluding carboxylic acids is 1. The van der Waals surface area contributed by atoms with E-state index in [0.29, 0.717) is 31.6 Å². The highest BCUT2D eigenvalue weighted by Crippen LogP contribution is 2.23. The van der Waals surface area contributed by atoms with Crippen molar-refractivity contribution in [3.63, 3.8) is 0 Å². The summed E-state index contributed by atoms with van der Waals surface area (Å²) in [5, 5.41) is 2.80. The molecule has 17 heavy (non-hydrogen) atoms. The van der Waals surface area contributed by atoms with Crippen LogP contribution in [0, 0.1) is 5.82 Å². The minimum Gasteiger partial charge on any atom is -0.331 e. The lowest BCUT2D eigenvalue weighted by atomic mass is 10.0. The van der Waals surface area contributed by atoms with Gasteiger partial charge in [-0.25, -0.2) is 9.18 Å². The Labute approximate surface area is 99.6 Å². The molecular weight excluding hydrogens is 221 g/mol. The van der Waals surface area contributed by atoms with E-state index in [1.54, 1.807) is 23.1 Å². The third-order valence-electron chi connectivity index (χ3n) is 2.95. The summed E-state index contributed by atoms with van der Waals surface area (Å²) in [6, 6.07) is 6.13. The molecule has 1 heterocycles. The van der Waals surface area contributed by atoms with Crippen LogP contribution in [0.5, 0.6) is 0 Å². The van der Waals surface area contributed by atoms with Crippen molar-refractivity contribution in [2.75, 3.05) is 19.6 Å². The molecule has 5 heteroatoms. The zero-order chi connectivity index (χ0) is 12.3. The fourth-order valence-electron chi connectivity index (χ4n) is 2.06. The molecule has 3 N–H and O–H groups in total. The summed E-state index contributed by atoms with van der Waals surface area (Å²) in [6.45, 7) is 1.59. The predicted molar refractivity (Wildman–Crippen MR) is 62.9 cm³/mol. The second-order valence-corrected chi connectivity index (χ2v) is 4.09. The van der Waals surface area contributed by atoms with E-state index in [1.165, 1.54) is 6.07 Å². The highest BCUT2D eigenvalue weighted by atomic mass is 19.1. The summed E-state index contributed by atoms with van der Waals surface area (Å²) in [5.41, 5.74) is 5.96. The maximum absolute atomic E-state index is 13.6. The maximum Gasteiger partial charge on any atom is 0.317 e. The molecule has 0 radical (unpaired) electrons. The summed E-state index contributed by atoms with van der Waals surface area (Å²) >= 11 is 0. The molecule has 1 unspecified atom stereocenters. The second kappa shape index (κ2) is 5.14. The number of nitrogens with one attached hydrogen (secondary N) is 1. The van der Waals surface area contributed by atoms with Gasteiger partial charge in [0.1, 0.15) is 5.82 Å². The number of benzene rings is 1. The highest BCUT2D eigenvalue weighted by molar-refractivity contribution is 5.75.